The molecule has 0 aromatic rings. The number of alkyl halides is 6. The molecule has 0 saturated carbocycles. The number of aliphatic hydroxyl groups is 1. The second-order valence-electron chi connectivity index (χ2n) is 5.89. The van der Waals surface area contributed by atoms with Crippen LogP contribution in [0, 0.1) is 0 Å². The number of carboxylic acid groups (broad SMARTS) is 1. The minimum atomic E-state index is -5.08. The molecule has 0 unspecified atom stereocenters. The molecule has 0 spiro atoms. The average Bonchev–Trinajstić information content (AvgIpc) is 2.26. The van der Waals surface area contributed by atoms with Crippen molar-refractivity contribution in [2.45, 2.75) is 70.5 Å². The molecule has 0 aliphatic rings. The van der Waals surface area contributed by atoms with E-state index in [2.05, 4.69) is 41.5 Å². The SMILES string of the molecule is CC(C)[SiH](C(C)C)C(C)C.O=C(O)C(F)(F)F.OCC(F)(F)F. The second kappa shape index (κ2) is 11.7. The minimum absolute atomic E-state index is 0.454. The third-order valence-corrected chi connectivity index (χ3v) is 7.35. The van der Waals surface area contributed by atoms with Gasteiger partial charge in [-0.15, -0.1) is 0 Å². The number of aliphatic hydroxyl groups excluding tert-OH is 1. The maximum atomic E-state index is 10.6. The van der Waals surface area contributed by atoms with Gasteiger partial charge >= 0.3 is 18.3 Å². The Morgan fingerprint density at radius 1 is 0.870 bits per heavy atom. The standard InChI is InChI=1S/C9H22Si.C2HF3O2.C2H3F3O/c1-7(2)10(8(3)4)9(5)6;3-2(4,5)1(6)7;3-2(4,5)1-6/h7-10H,1-6H3;(H,6,7);6H,1H2. The van der Waals surface area contributed by atoms with Crippen molar-refractivity contribution in [1.82, 2.24) is 0 Å². The predicted molar refractivity (Wildman–Crippen MR) is 79.3 cm³/mol. The fourth-order valence-corrected chi connectivity index (χ4v) is 6.93. The molecule has 3 nitrogen and oxygen atoms in total. The van der Waals surface area contributed by atoms with Gasteiger partial charge in [-0.3, -0.25) is 0 Å². The van der Waals surface area contributed by atoms with Crippen LogP contribution in [0.2, 0.25) is 16.6 Å². The number of aliphatic carboxylic acids is 1. The summed E-state index contributed by atoms with van der Waals surface area (Å²) in [5.74, 6) is -2.76. The first-order chi connectivity index (χ1) is 9.97. The van der Waals surface area contributed by atoms with E-state index < -0.39 is 33.7 Å². The summed E-state index contributed by atoms with van der Waals surface area (Å²) in [6, 6.07) is 0. The van der Waals surface area contributed by atoms with Gasteiger partial charge in [-0.25, -0.2) is 4.79 Å². The van der Waals surface area contributed by atoms with Crippen LogP contribution < -0.4 is 0 Å². The molecular formula is C13H26F6O3Si. The van der Waals surface area contributed by atoms with Crippen LogP contribution in [0.5, 0.6) is 0 Å². The number of hydrogen-bond acceptors (Lipinski definition) is 2. The van der Waals surface area contributed by atoms with Crippen LogP contribution in [0.25, 0.3) is 0 Å². The summed E-state index contributed by atoms with van der Waals surface area (Å²) in [6.07, 6.45) is -9.49. The minimum Gasteiger partial charge on any atom is -0.475 e. The van der Waals surface area contributed by atoms with Crippen LogP contribution >= 0.6 is 0 Å². The maximum Gasteiger partial charge on any atom is 0.490 e. The molecule has 2 N–H and O–H groups in total. The van der Waals surface area contributed by atoms with Gasteiger partial charge in [0.15, 0.2) is 0 Å². The third kappa shape index (κ3) is 19.2. The van der Waals surface area contributed by atoms with E-state index in [-0.39, 0.29) is 0 Å². The van der Waals surface area contributed by atoms with Crippen molar-refractivity contribution < 1.29 is 41.4 Å². The molecule has 0 aromatic carbocycles. The van der Waals surface area contributed by atoms with Gasteiger partial charge in [0.1, 0.15) is 6.61 Å². The van der Waals surface area contributed by atoms with E-state index in [1.807, 2.05) is 0 Å². The van der Waals surface area contributed by atoms with Crippen molar-refractivity contribution >= 4 is 14.8 Å². The molecule has 0 heterocycles. The molecule has 0 fully saturated rings. The van der Waals surface area contributed by atoms with E-state index in [9.17, 15) is 26.3 Å². The van der Waals surface area contributed by atoms with Gasteiger partial charge in [0.05, 0.1) is 0 Å². The summed E-state index contributed by atoms with van der Waals surface area (Å²) < 4.78 is 63.3. The van der Waals surface area contributed by atoms with Crippen molar-refractivity contribution in [3.05, 3.63) is 0 Å². The van der Waals surface area contributed by atoms with Crippen LogP contribution in [0.15, 0.2) is 0 Å². The molecule has 23 heavy (non-hydrogen) atoms. The van der Waals surface area contributed by atoms with Gasteiger partial charge in [-0.05, 0) is 0 Å². The maximum absolute atomic E-state index is 10.6. The van der Waals surface area contributed by atoms with Gasteiger partial charge in [-0.2, -0.15) is 26.3 Å². The van der Waals surface area contributed by atoms with Crippen LogP contribution in [0.4, 0.5) is 26.3 Å². The van der Waals surface area contributed by atoms with Crippen molar-refractivity contribution in [2.75, 3.05) is 6.61 Å². The summed E-state index contributed by atoms with van der Waals surface area (Å²) in [7, 11) is -0.454. The molecule has 142 valence electrons. The van der Waals surface area contributed by atoms with Crippen molar-refractivity contribution in [1.29, 1.82) is 0 Å². The normalized spacial score (nSPS) is 12.0. The molecular weight excluding hydrogens is 346 g/mol. The van der Waals surface area contributed by atoms with Crippen LogP contribution in [-0.4, -0.2) is 43.9 Å². The molecule has 0 saturated heterocycles. The van der Waals surface area contributed by atoms with E-state index in [4.69, 9.17) is 15.0 Å². The number of carboxylic acids is 1. The Labute approximate surface area is 134 Å². The highest BCUT2D eigenvalue weighted by atomic mass is 28.3. The molecule has 0 radical (unpaired) electrons. The molecule has 0 aromatic heterocycles. The molecule has 0 amide bonds. The zero-order valence-electron chi connectivity index (χ0n) is 14.1. The summed E-state index contributed by atoms with van der Waals surface area (Å²) >= 11 is 0. The lowest BCUT2D eigenvalue weighted by Gasteiger charge is -2.26. The topological polar surface area (TPSA) is 57.5 Å². The van der Waals surface area contributed by atoms with Gasteiger partial charge in [0.2, 0.25) is 0 Å². The van der Waals surface area contributed by atoms with Crippen LogP contribution in [-0.2, 0) is 4.79 Å². The first-order valence-electron chi connectivity index (χ1n) is 6.95. The van der Waals surface area contributed by atoms with E-state index in [1.54, 1.807) is 0 Å². The highest BCUT2D eigenvalue weighted by Crippen LogP contribution is 2.29. The van der Waals surface area contributed by atoms with Crippen LogP contribution in [0.1, 0.15) is 41.5 Å². The summed E-state index contributed by atoms with van der Waals surface area (Å²) in [6.45, 7) is 12.6. The largest absolute Gasteiger partial charge is 0.490 e. The van der Waals surface area contributed by atoms with E-state index >= 15 is 0 Å². The highest BCUT2D eigenvalue weighted by Gasteiger charge is 2.38. The zero-order chi connectivity index (χ0) is 19.6. The Hall–Kier alpha value is -0.773. The predicted octanol–water partition coefficient (Wildman–Crippen LogP) is 4.62. The Kier molecular flexibility index (Phi) is 13.8. The molecule has 0 aliphatic heterocycles. The van der Waals surface area contributed by atoms with Crippen molar-refractivity contribution in [3.8, 4) is 0 Å². The fourth-order valence-electron chi connectivity index (χ4n) is 2.31. The van der Waals surface area contributed by atoms with Crippen molar-refractivity contribution in [2.24, 2.45) is 0 Å². The lowest BCUT2D eigenvalue weighted by atomic mass is 10.5. The molecule has 0 aliphatic carbocycles. The monoisotopic (exact) mass is 372 g/mol. The van der Waals surface area contributed by atoms with E-state index in [0.717, 1.165) is 16.6 Å². The smallest absolute Gasteiger partial charge is 0.475 e. The van der Waals surface area contributed by atoms with Gasteiger partial charge in [-0.1, -0.05) is 58.2 Å². The van der Waals surface area contributed by atoms with E-state index in [1.165, 1.54) is 0 Å². The van der Waals surface area contributed by atoms with Gasteiger partial charge < -0.3 is 10.2 Å². The van der Waals surface area contributed by atoms with E-state index in [0.29, 0.717) is 0 Å². The second-order valence-corrected chi connectivity index (χ2v) is 11.0. The quantitative estimate of drug-likeness (QED) is 0.561. The number of hydrogen-bond donors (Lipinski definition) is 2. The zero-order valence-corrected chi connectivity index (χ0v) is 15.2. The third-order valence-electron chi connectivity index (χ3n) is 2.73. The molecule has 0 rings (SSSR count). The van der Waals surface area contributed by atoms with Crippen molar-refractivity contribution in [3.63, 3.8) is 0 Å². The number of rotatable bonds is 3. The highest BCUT2D eigenvalue weighted by molar-refractivity contribution is 6.63. The Morgan fingerprint density at radius 3 is 1.04 bits per heavy atom. The Morgan fingerprint density at radius 2 is 1.04 bits per heavy atom. The summed E-state index contributed by atoms with van der Waals surface area (Å²) in [5.41, 5.74) is 2.92. The Balaban J connectivity index is -0.000000272. The first kappa shape index (κ1) is 27.1. The summed E-state index contributed by atoms with van der Waals surface area (Å²) in [4.78, 5) is 8.90. The summed E-state index contributed by atoms with van der Waals surface area (Å²) in [5, 5.41) is 14.4. The first-order valence-corrected chi connectivity index (χ1v) is 8.95. The fraction of sp³-hybridized carbons (Fsp3) is 0.923. The van der Waals surface area contributed by atoms with Crippen LogP contribution in [0.3, 0.4) is 0 Å². The molecule has 0 atom stereocenters. The average molecular weight is 372 g/mol. The number of carbonyl (C=O) groups is 1. The molecule has 10 heteroatoms. The lowest BCUT2D eigenvalue weighted by molar-refractivity contribution is -0.192. The van der Waals surface area contributed by atoms with Gasteiger partial charge in [0, 0.05) is 8.80 Å². The van der Waals surface area contributed by atoms with Gasteiger partial charge in [0.25, 0.3) is 0 Å². The molecule has 0 bridgehead atoms. The Bertz CT molecular complexity index is 295. The lowest BCUT2D eigenvalue weighted by Crippen LogP contribution is -2.24. The number of halogens is 6.